The normalized spacial score (nSPS) is 23.3. The van der Waals surface area contributed by atoms with Crippen LogP contribution in [0.15, 0.2) is 60.7 Å². The Bertz CT molecular complexity index is 1100. The molecule has 176 valence electrons. The molecule has 5 rings (SSSR count). The maximum absolute atomic E-state index is 12.9. The Labute approximate surface area is 198 Å². The molecule has 3 aliphatic rings. The minimum Gasteiger partial charge on any atom is -0.481 e. The van der Waals surface area contributed by atoms with Gasteiger partial charge in [0, 0.05) is 19.0 Å². The lowest BCUT2D eigenvalue weighted by Gasteiger charge is -2.32. The molecule has 0 saturated carbocycles. The van der Waals surface area contributed by atoms with Gasteiger partial charge in [0.1, 0.15) is 6.61 Å². The number of amides is 2. The Hall–Kier alpha value is -3.61. The van der Waals surface area contributed by atoms with E-state index >= 15 is 0 Å². The van der Waals surface area contributed by atoms with Crippen LogP contribution >= 0.6 is 0 Å². The molecule has 2 amide bonds. The number of hydrogen-bond donors (Lipinski definition) is 2. The van der Waals surface area contributed by atoms with E-state index in [1.807, 2.05) is 30.3 Å². The Morgan fingerprint density at radius 3 is 2.35 bits per heavy atom. The topological polar surface area (TPSA) is 95.9 Å². The fourth-order valence-corrected chi connectivity index (χ4v) is 5.39. The molecule has 1 fully saturated rings. The maximum atomic E-state index is 12.9. The third-order valence-corrected chi connectivity index (χ3v) is 7.13. The lowest BCUT2D eigenvalue weighted by molar-refractivity contribution is -0.146. The Morgan fingerprint density at radius 1 is 1.00 bits per heavy atom. The standard InChI is InChI=1S/C27H28N2O5/c30-25(29-13-5-6-18(15-29)26(31)32)17-11-12-19(14-17)28-27(33)34-16-24-22-9-3-1-7-20(22)21-8-2-4-10-23(21)24/h1-4,7-12,17-19,24H,5-6,13-16H2,(H,28,33)(H,31,32)/t17?,18-,19?/m0/s1. The quantitative estimate of drug-likeness (QED) is 0.662. The Balaban J connectivity index is 1.14. The number of piperidine rings is 1. The number of nitrogens with one attached hydrogen (secondary N) is 1. The molecule has 2 aliphatic carbocycles. The smallest absolute Gasteiger partial charge is 0.407 e. The minimum atomic E-state index is -0.853. The van der Waals surface area contributed by atoms with E-state index in [0.29, 0.717) is 25.8 Å². The number of hydrogen-bond acceptors (Lipinski definition) is 4. The predicted molar refractivity (Wildman–Crippen MR) is 126 cm³/mol. The summed E-state index contributed by atoms with van der Waals surface area (Å²) in [5.74, 6) is -1.79. The number of benzene rings is 2. The highest BCUT2D eigenvalue weighted by molar-refractivity contribution is 5.83. The summed E-state index contributed by atoms with van der Waals surface area (Å²) >= 11 is 0. The van der Waals surface area contributed by atoms with Crippen LogP contribution in [0.3, 0.4) is 0 Å². The first kappa shape index (κ1) is 22.2. The third kappa shape index (κ3) is 4.30. The van der Waals surface area contributed by atoms with Gasteiger partial charge in [0.15, 0.2) is 0 Å². The zero-order chi connectivity index (χ0) is 23.7. The second-order valence-corrected chi connectivity index (χ2v) is 9.27. The Morgan fingerprint density at radius 2 is 1.68 bits per heavy atom. The van der Waals surface area contributed by atoms with Crippen molar-refractivity contribution in [1.29, 1.82) is 0 Å². The molecule has 2 aromatic carbocycles. The van der Waals surface area contributed by atoms with Gasteiger partial charge in [0.25, 0.3) is 0 Å². The predicted octanol–water partition coefficient (Wildman–Crippen LogP) is 3.79. The molecule has 0 aromatic heterocycles. The van der Waals surface area contributed by atoms with E-state index in [9.17, 15) is 19.5 Å². The Kier molecular flexibility index (Phi) is 6.09. The fraction of sp³-hybridized carbons (Fsp3) is 0.370. The number of carbonyl (C=O) groups excluding carboxylic acids is 2. The average molecular weight is 461 g/mol. The number of aliphatic carboxylic acids is 1. The zero-order valence-corrected chi connectivity index (χ0v) is 18.9. The average Bonchev–Trinajstić information content (AvgIpc) is 3.45. The van der Waals surface area contributed by atoms with Crippen LogP contribution in [0.1, 0.15) is 36.3 Å². The molecule has 0 spiro atoms. The number of carboxylic acids is 1. The summed E-state index contributed by atoms with van der Waals surface area (Å²) in [7, 11) is 0. The first-order chi connectivity index (χ1) is 16.5. The van der Waals surface area contributed by atoms with Gasteiger partial charge in [-0.2, -0.15) is 0 Å². The first-order valence-electron chi connectivity index (χ1n) is 11.8. The van der Waals surface area contributed by atoms with Crippen molar-refractivity contribution in [2.45, 2.75) is 31.2 Å². The molecule has 1 aliphatic heterocycles. The number of carbonyl (C=O) groups is 3. The van der Waals surface area contributed by atoms with Gasteiger partial charge in [-0.1, -0.05) is 60.7 Å². The van der Waals surface area contributed by atoms with Gasteiger partial charge in [-0.05, 0) is 41.5 Å². The van der Waals surface area contributed by atoms with Gasteiger partial charge in [-0.25, -0.2) is 4.79 Å². The van der Waals surface area contributed by atoms with Crippen molar-refractivity contribution in [3.8, 4) is 11.1 Å². The van der Waals surface area contributed by atoms with Crippen LogP contribution in [0.5, 0.6) is 0 Å². The summed E-state index contributed by atoms with van der Waals surface area (Å²) < 4.78 is 5.61. The lowest BCUT2D eigenvalue weighted by Crippen LogP contribution is -2.45. The molecule has 3 atom stereocenters. The first-order valence-corrected chi connectivity index (χ1v) is 11.8. The zero-order valence-electron chi connectivity index (χ0n) is 18.9. The highest BCUT2D eigenvalue weighted by atomic mass is 16.5. The molecule has 7 heteroatoms. The molecule has 1 heterocycles. The van der Waals surface area contributed by atoms with Gasteiger partial charge in [-0.15, -0.1) is 0 Å². The van der Waals surface area contributed by atoms with Gasteiger partial charge in [0.05, 0.1) is 17.9 Å². The van der Waals surface area contributed by atoms with Gasteiger partial charge < -0.3 is 20.1 Å². The van der Waals surface area contributed by atoms with Crippen molar-refractivity contribution in [2.24, 2.45) is 11.8 Å². The van der Waals surface area contributed by atoms with Crippen molar-refractivity contribution in [1.82, 2.24) is 10.2 Å². The second-order valence-electron chi connectivity index (χ2n) is 9.27. The summed E-state index contributed by atoms with van der Waals surface area (Å²) in [5.41, 5.74) is 4.67. The second kappa shape index (κ2) is 9.33. The van der Waals surface area contributed by atoms with E-state index in [0.717, 1.165) is 11.1 Å². The highest BCUT2D eigenvalue weighted by Crippen LogP contribution is 2.44. The number of rotatable bonds is 5. The fourth-order valence-electron chi connectivity index (χ4n) is 5.39. The van der Waals surface area contributed by atoms with Crippen LogP contribution in [-0.2, 0) is 14.3 Å². The van der Waals surface area contributed by atoms with E-state index < -0.39 is 18.0 Å². The van der Waals surface area contributed by atoms with E-state index in [-0.39, 0.29) is 36.9 Å². The van der Waals surface area contributed by atoms with Crippen molar-refractivity contribution in [3.05, 3.63) is 71.8 Å². The molecule has 2 N–H and O–H groups in total. The molecular formula is C27H28N2O5. The van der Waals surface area contributed by atoms with E-state index in [1.165, 1.54) is 11.1 Å². The number of ether oxygens (including phenoxy) is 1. The van der Waals surface area contributed by atoms with Crippen molar-refractivity contribution in [2.75, 3.05) is 19.7 Å². The van der Waals surface area contributed by atoms with Crippen molar-refractivity contribution in [3.63, 3.8) is 0 Å². The number of carboxylic acid groups (broad SMARTS) is 1. The molecule has 0 bridgehead atoms. The van der Waals surface area contributed by atoms with E-state index in [2.05, 4.69) is 29.6 Å². The summed E-state index contributed by atoms with van der Waals surface area (Å²) in [6.45, 7) is 1.07. The van der Waals surface area contributed by atoms with E-state index in [1.54, 1.807) is 11.0 Å². The summed E-state index contributed by atoms with van der Waals surface area (Å²) in [6.07, 6.45) is 4.88. The van der Waals surface area contributed by atoms with Gasteiger partial charge in [-0.3, -0.25) is 9.59 Å². The molecule has 2 aromatic rings. The van der Waals surface area contributed by atoms with Crippen molar-refractivity contribution < 1.29 is 24.2 Å². The monoisotopic (exact) mass is 460 g/mol. The molecule has 1 saturated heterocycles. The van der Waals surface area contributed by atoms with Crippen LogP contribution in [0.4, 0.5) is 4.79 Å². The number of fused-ring (bicyclic) bond motifs is 3. The van der Waals surface area contributed by atoms with Crippen LogP contribution in [0.25, 0.3) is 11.1 Å². The van der Waals surface area contributed by atoms with Gasteiger partial charge in [0.2, 0.25) is 5.91 Å². The number of nitrogens with zero attached hydrogens (tertiary/aromatic N) is 1. The van der Waals surface area contributed by atoms with Gasteiger partial charge >= 0.3 is 12.1 Å². The largest absolute Gasteiger partial charge is 0.481 e. The maximum Gasteiger partial charge on any atom is 0.407 e. The van der Waals surface area contributed by atoms with Crippen LogP contribution in [-0.4, -0.2) is 53.7 Å². The third-order valence-electron chi connectivity index (χ3n) is 7.13. The highest BCUT2D eigenvalue weighted by Gasteiger charge is 2.34. The lowest BCUT2D eigenvalue weighted by atomic mass is 9.96. The molecule has 2 unspecified atom stereocenters. The minimum absolute atomic E-state index is 0.00659. The van der Waals surface area contributed by atoms with E-state index in [4.69, 9.17) is 4.74 Å². The van der Waals surface area contributed by atoms with Crippen LogP contribution in [0.2, 0.25) is 0 Å². The molecular weight excluding hydrogens is 432 g/mol. The summed E-state index contributed by atoms with van der Waals surface area (Å²) in [6, 6.07) is 16.1. The van der Waals surface area contributed by atoms with Crippen LogP contribution in [0, 0.1) is 11.8 Å². The molecule has 0 radical (unpaired) electrons. The number of alkyl carbamates (subject to hydrolysis) is 1. The van der Waals surface area contributed by atoms with Crippen LogP contribution < -0.4 is 5.32 Å². The summed E-state index contributed by atoms with van der Waals surface area (Å²) in [4.78, 5) is 38.4. The SMILES string of the molecule is O=C(NC1C=CC(C(=O)N2CCC[C@H](C(=O)O)C2)C1)OCC1c2ccccc2-c2ccccc21. The molecule has 34 heavy (non-hydrogen) atoms. The number of likely N-dealkylation sites (tertiary alicyclic amines) is 1. The summed E-state index contributed by atoms with van der Waals surface area (Å²) in [5, 5.41) is 12.1. The molecule has 7 nitrogen and oxygen atoms in total. The van der Waals surface area contributed by atoms with Crippen molar-refractivity contribution >= 4 is 18.0 Å².